The molecule has 1 N–H and O–H groups in total. The molecule has 0 saturated carbocycles. The van der Waals surface area contributed by atoms with Crippen molar-refractivity contribution in [3.8, 4) is 0 Å². The Morgan fingerprint density at radius 1 is 1.20 bits per heavy atom. The summed E-state index contributed by atoms with van der Waals surface area (Å²) in [6.45, 7) is 10.2. The van der Waals surface area contributed by atoms with E-state index in [1.807, 2.05) is 10.7 Å². The quantitative estimate of drug-likeness (QED) is 0.679. The van der Waals surface area contributed by atoms with E-state index < -0.39 is 0 Å². The van der Waals surface area contributed by atoms with Crippen LogP contribution in [0.3, 0.4) is 0 Å². The van der Waals surface area contributed by atoms with Gasteiger partial charge in [-0.05, 0) is 45.7 Å². The molecule has 0 unspecified atom stereocenters. The summed E-state index contributed by atoms with van der Waals surface area (Å²) in [5.41, 5.74) is 4.28. The first-order valence-corrected chi connectivity index (χ1v) is 10.6. The highest BCUT2D eigenvalue weighted by atomic mass is 16.1. The Labute approximate surface area is 176 Å². The average Bonchev–Trinajstić information content (AvgIpc) is 3.34. The summed E-state index contributed by atoms with van der Waals surface area (Å²) in [5.74, 6) is 0.569. The second kappa shape index (κ2) is 8.79. The van der Waals surface area contributed by atoms with Crippen LogP contribution in [-0.2, 0) is 13.1 Å². The minimum absolute atomic E-state index is 0.166. The highest BCUT2D eigenvalue weighted by Crippen LogP contribution is 2.27. The van der Waals surface area contributed by atoms with E-state index in [9.17, 15) is 4.79 Å². The Morgan fingerprint density at radius 2 is 2.00 bits per heavy atom. The van der Waals surface area contributed by atoms with E-state index in [0.29, 0.717) is 5.56 Å². The van der Waals surface area contributed by atoms with Crippen LogP contribution in [0.1, 0.15) is 53.1 Å². The largest absolute Gasteiger partial charge is 0.307 e. The third kappa shape index (κ3) is 4.14. The summed E-state index contributed by atoms with van der Waals surface area (Å²) >= 11 is 0. The van der Waals surface area contributed by atoms with Crippen LogP contribution >= 0.6 is 0 Å². The van der Waals surface area contributed by atoms with Gasteiger partial charge in [-0.1, -0.05) is 0 Å². The summed E-state index contributed by atoms with van der Waals surface area (Å²) in [5, 5.41) is 12.1. The lowest BCUT2D eigenvalue weighted by atomic mass is 10.0. The van der Waals surface area contributed by atoms with Gasteiger partial charge in [-0.25, -0.2) is 4.68 Å². The molecule has 8 heteroatoms. The molecule has 3 aromatic rings. The Balaban J connectivity index is 1.38. The number of rotatable bonds is 6. The number of nitrogens with one attached hydrogen (secondary N) is 1. The van der Waals surface area contributed by atoms with Crippen LogP contribution in [0.4, 0.5) is 5.82 Å². The van der Waals surface area contributed by atoms with Gasteiger partial charge in [0, 0.05) is 55.9 Å². The van der Waals surface area contributed by atoms with Crippen molar-refractivity contribution >= 4 is 11.7 Å². The predicted octanol–water partition coefficient (Wildman–Crippen LogP) is 3.20. The molecule has 0 spiro atoms. The number of likely N-dealkylation sites (tertiary alicyclic amines) is 1. The van der Waals surface area contributed by atoms with Crippen LogP contribution < -0.4 is 5.32 Å². The molecule has 3 aromatic heterocycles. The normalized spacial score (nSPS) is 15.4. The number of piperidine rings is 1. The maximum absolute atomic E-state index is 12.5. The highest BCUT2D eigenvalue weighted by Gasteiger charge is 2.25. The van der Waals surface area contributed by atoms with Gasteiger partial charge in [0.05, 0.1) is 23.5 Å². The number of nitrogens with zero attached hydrogens (tertiary/aromatic N) is 6. The molecule has 30 heavy (non-hydrogen) atoms. The SMILES string of the molecule is CCn1nc(C)c(CN2CCC(n3nccc3NC(=O)c3cccnc3)CC2)c1C. The lowest BCUT2D eigenvalue weighted by Gasteiger charge is -2.32. The van der Waals surface area contributed by atoms with Crippen molar-refractivity contribution in [1.82, 2.24) is 29.4 Å². The van der Waals surface area contributed by atoms with E-state index in [4.69, 9.17) is 0 Å². The predicted molar refractivity (Wildman–Crippen MR) is 115 cm³/mol. The van der Waals surface area contributed by atoms with Gasteiger partial charge in [0.15, 0.2) is 0 Å². The zero-order valence-corrected chi connectivity index (χ0v) is 17.9. The second-order valence-electron chi connectivity index (χ2n) is 7.83. The molecule has 158 valence electrons. The van der Waals surface area contributed by atoms with Crippen LogP contribution in [0.2, 0.25) is 0 Å². The van der Waals surface area contributed by atoms with Crippen molar-refractivity contribution < 1.29 is 4.79 Å². The minimum Gasteiger partial charge on any atom is -0.307 e. The summed E-state index contributed by atoms with van der Waals surface area (Å²) in [7, 11) is 0. The van der Waals surface area contributed by atoms with Crippen molar-refractivity contribution in [3.05, 3.63) is 59.3 Å². The van der Waals surface area contributed by atoms with Crippen LogP contribution in [0.5, 0.6) is 0 Å². The zero-order chi connectivity index (χ0) is 21.1. The smallest absolute Gasteiger partial charge is 0.258 e. The molecule has 8 nitrogen and oxygen atoms in total. The van der Waals surface area contributed by atoms with Crippen LogP contribution in [0.25, 0.3) is 0 Å². The lowest BCUT2D eigenvalue weighted by molar-refractivity contribution is 0.102. The van der Waals surface area contributed by atoms with Crippen LogP contribution in [0, 0.1) is 13.8 Å². The molecular weight excluding hydrogens is 378 g/mol. The van der Waals surface area contributed by atoms with Gasteiger partial charge >= 0.3 is 0 Å². The van der Waals surface area contributed by atoms with Crippen LogP contribution in [0.15, 0.2) is 36.8 Å². The van der Waals surface area contributed by atoms with E-state index in [1.165, 1.54) is 11.3 Å². The summed E-state index contributed by atoms with van der Waals surface area (Å²) in [6.07, 6.45) is 6.97. The standard InChI is InChI=1S/C22H29N7O/c1-4-28-17(3)20(16(2)26-28)15-27-12-8-19(9-13-27)29-21(7-11-24-29)25-22(30)18-6-5-10-23-14-18/h5-7,10-11,14,19H,4,8-9,12-13,15H2,1-3H3,(H,25,30). The van der Waals surface area contributed by atoms with Crippen molar-refractivity contribution in [2.24, 2.45) is 0 Å². The van der Waals surface area contributed by atoms with E-state index in [0.717, 1.165) is 50.5 Å². The number of carbonyl (C=O) groups excluding carboxylic acids is 1. The number of hydrogen-bond acceptors (Lipinski definition) is 5. The van der Waals surface area contributed by atoms with Crippen molar-refractivity contribution in [3.63, 3.8) is 0 Å². The van der Waals surface area contributed by atoms with E-state index in [1.54, 1.807) is 30.7 Å². The summed E-state index contributed by atoms with van der Waals surface area (Å²) in [6, 6.07) is 5.65. The number of aromatic nitrogens is 5. The molecule has 4 heterocycles. The number of aryl methyl sites for hydroxylation is 2. The molecule has 0 aromatic carbocycles. The fourth-order valence-electron chi connectivity index (χ4n) is 4.21. The third-order valence-corrected chi connectivity index (χ3v) is 5.95. The molecule has 4 rings (SSSR count). The van der Waals surface area contributed by atoms with E-state index in [-0.39, 0.29) is 11.9 Å². The average molecular weight is 408 g/mol. The van der Waals surface area contributed by atoms with Gasteiger partial charge in [-0.15, -0.1) is 0 Å². The molecule has 1 fully saturated rings. The zero-order valence-electron chi connectivity index (χ0n) is 17.9. The van der Waals surface area contributed by atoms with Gasteiger partial charge in [0.1, 0.15) is 5.82 Å². The number of carbonyl (C=O) groups is 1. The third-order valence-electron chi connectivity index (χ3n) is 5.95. The lowest BCUT2D eigenvalue weighted by Crippen LogP contribution is -2.35. The highest BCUT2D eigenvalue weighted by molar-refractivity contribution is 6.03. The van der Waals surface area contributed by atoms with Gasteiger partial charge in [0.2, 0.25) is 0 Å². The van der Waals surface area contributed by atoms with Crippen molar-refractivity contribution in [1.29, 1.82) is 0 Å². The Hall–Kier alpha value is -3.00. The van der Waals surface area contributed by atoms with E-state index >= 15 is 0 Å². The van der Waals surface area contributed by atoms with Gasteiger partial charge in [-0.2, -0.15) is 10.2 Å². The van der Waals surface area contributed by atoms with Gasteiger partial charge in [0.25, 0.3) is 5.91 Å². The fourth-order valence-corrected chi connectivity index (χ4v) is 4.21. The van der Waals surface area contributed by atoms with Gasteiger partial charge in [-0.3, -0.25) is 19.4 Å². The number of hydrogen-bond donors (Lipinski definition) is 1. The van der Waals surface area contributed by atoms with Crippen LogP contribution in [-0.4, -0.2) is 48.4 Å². The van der Waals surface area contributed by atoms with Crippen molar-refractivity contribution in [2.75, 3.05) is 18.4 Å². The van der Waals surface area contributed by atoms with Crippen molar-refractivity contribution in [2.45, 2.75) is 52.7 Å². The number of anilines is 1. The van der Waals surface area contributed by atoms with E-state index in [2.05, 4.69) is 50.9 Å². The molecule has 1 saturated heterocycles. The first-order valence-electron chi connectivity index (χ1n) is 10.6. The molecule has 0 bridgehead atoms. The first kappa shape index (κ1) is 20.3. The molecule has 1 aliphatic heterocycles. The minimum atomic E-state index is -0.166. The Morgan fingerprint density at radius 3 is 2.67 bits per heavy atom. The summed E-state index contributed by atoms with van der Waals surface area (Å²) in [4.78, 5) is 19.0. The van der Waals surface area contributed by atoms with Gasteiger partial charge < -0.3 is 5.32 Å². The molecule has 0 aliphatic carbocycles. The Bertz CT molecular complexity index is 1000. The maximum Gasteiger partial charge on any atom is 0.258 e. The molecule has 0 radical (unpaired) electrons. The molecular formula is C22H29N7O. The number of pyridine rings is 1. The topological polar surface area (TPSA) is 80.9 Å². The number of amides is 1. The Kier molecular flexibility index (Phi) is 5.94. The summed E-state index contributed by atoms with van der Waals surface area (Å²) < 4.78 is 4.04. The fraction of sp³-hybridized carbons (Fsp3) is 0.455. The maximum atomic E-state index is 12.5. The monoisotopic (exact) mass is 407 g/mol. The molecule has 1 amide bonds. The second-order valence-corrected chi connectivity index (χ2v) is 7.83. The molecule has 1 aliphatic rings. The first-order chi connectivity index (χ1) is 14.6. The molecule has 0 atom stereocenters.